The van der Waals surface area contributed by atoms with Gasteiger partial charge >= 0.3 is 0 Å². The fourth-order valence-corrected chi connectivity index (χ4v) is 4.03. The molecule has 10 nitrogen and oxygen atoms in total. The molecule has 1 aliphatic rings. The van der Waals surface area contributed by atoms with E-state index in [1.54, 1.807) is 15.6 Å². The number of halogens is 1. The first kappa shape index (κ1) is 21.7. The van der Waals surface area contributed by atoms with Crippen molar-refractivity contribution in [3.05, 3.63) is 60.1 Å². The third-order valence-corrected chi connectivity index (χ3v) is 5.80. The van der Waals surface area contributed by atoms with Crippen molar-refractivity contribution in [3.63, 3.8) is 0 Å². The van der Waals surface area contributed by atoms with Crippen LogP contribution in [0.4, 0.5) is 4.39 Å². The lowest BCUT2D eigenvalue weighted by atomic mass is 10.1. The van der Waals surface area contributed by atoms with Crippen molar-refractivity contribution in [2.75, 3.05) is 26.8 Å². The molecule has 34 heavy (non-hydrogen) atoms. The summed E-state index contributed by atoms with van der Waals surface area (Å²) in [5.41, 5.74) is 3.51. The van der Waals surface area contributed by atoms with Crippen LogP contribution >= 0.6 is 0 Å². The number of aromatic nitrogens is 5. The van der Waals surface area contributed by atoms with Gasteiger partial charge in [-0.2, -0.15) is 15.5 Å². The number of aliphatic hydroxyl groups excluding tert-OH is 1. The number of rotatable bonds is 6. The second-order valence-electron chi connectivity index (χ2n) is 7.87. The number of aliphatic hydroxyl groups is 1. The lowest BCUT2D eigenvalue weighted by Crippen LogP contribution is -2.21. The maximum absolute atomic E-state index is 13.3. The minimum Gasteiger partial charge on any atom is -0.493 e. The average Bonchev–Trinajstić information content (AvgIpc) is 3.42. The number of methoxy groups -OCH3 is 1. The second-order valence-corrected chi connectivity index (χ2v) is 7.87. The Morgan fingerprint density at radius 3 is 2.82 bits per heavy atom. The van der Waals surface area contributed by atoms with Gasteiger partial charge in [-0.05, 0) is 24.3 Å². The van der Waals surface area contributed by atoms with Crippen LogP contribution in [0.1, 0.15) is 17.5 Å². The summed E-state index contributed by atoms with van der Waals surface area (Å²) in [7, 11) is 1.54. The van der Waals surface area contributed by atoms with Gasteiger partial charge in [-0.15, -0.1) is 0 Å². The molecular formula is C23H22FN7O3. The predicted molar refractivity (Wildman–Crippen MR) is 119 cm³/mol. The van der Waals surface area contributed by atoms with Crippen LogP contribution in [0.2, 0.25) is 0 Å². The number of nitriles is 1. The Labute approximate surface area is 194 Å². The van der Waals surface area contributed by atoms with Crippen LogP contribution in [-0.4, -0.2) is 61.2 Å². The summed E-state index contributed by atoms with van der Waals surface area (Å²) in [4.78, 5) is 5.77. The lowest BCUT2D eigenvalue weighted by Gasteiger charge is -2.18. The third kappa shape index (κ3) is 3.99. The van der Waals surface area contributed by atoms with Crippen LogP contribution in [0.15, 0.2) is 42.9 Å². The summed E-state index contributed by atoms with van der Waals surface area (Å²) in [6.07, 6.45) is 6.58. The molecule has 1 aliphatic heterocycles. The van der Waals surface area contributed by atoms with Gasteiger partial charge in [-0.25, -0.2) is 8.91 Å². The maximum Gasteiger partial charge on any atom is 0.179 e. The second kappa shape index (κ2) is 8.99. The van der Waals surface area contributed by atoms with Crippen LogP contribution in [0, 0.1) is 17.3 Å². The molecule has 1 N–H and O–H groups in total. The number of fused-ring (bicyclic) bond motifs is 2. The van der Waals surface area contributed by atoms with E-state index in [1.807, 2.05) is 23.0 Å². The molecule has 0 saturated carbocycles. The Morgan fingerprint density at radius 2 is 2.09 bits per heavy atom. The first-order valence-electron chi connectivity index (χ1n) is 10.8. The fraction of sp³-hybridized carbons (Fsp3) is 0.304. The van der Waals surface area contributed by atoms with Crippen LogP contribution in [0.25, 0.3) is 16.8 Å². The highest BCUT2D eigenvalue weighted by Crippen LogP contribution is 2.35. The molecule has 0 saturated heterocycles. The highest BCUT2D eigenvalue weighted by Gasteiger charge is 2.22. The topological polar surface area (TPSA) is 114 Å². The van der Waals surface area contributed by atoms with Crippen molar-refractivity contribution in [2.24, 2.45) is 0 Å². The highest BCUT2D eigenvalue weighted by molar-refractivity contribution is 5.74. The molecule has 0 spiro atoms. The zero-order valence-electron chi connectivity index (χ0n) is 18.4. The molecule has 0 bridgehead atoms. The number of ether oxygens (including phenoxy) is 2. The Kier molecular flexibility index (Phi) is 5.73. The Morgan fingerprint density at radius 1 is 1.21 bits per heavy atom. The predicted octanol–water partition coefficient (Wildman–Crippen LogP) is 2.19. The number of hydrogen-bond donors (Lipinski definition) is 1. The van der Waals surface area contributed by atoms with E-state index in [0.717, 1.165) is 23.1 Å². The lowest BCUT2D eigenvalue weighted by molar-refractivity contribution is 0.114. The SMILES string of the molecule is COc1cnn2cc(-c3cc4n(n3)CCN(C#N)CC4)cc(OC(CO)c3ccc(F)cn3)c12. The van der Waals surface area contributed by atoms with Gasteiger partial charge in [0.1, 0.15) is 5.82 Å². The zero-order valence-corrected chi connectivity index (χ0v) is 18.4. The van der Waals surface area contributed by atoms with E-state index in [2.05, 4.69) is 16.3 Å². The molecule has 5 heterocycles. The highest BCUT2D eigenvalue weighted by atomic mass is 19.1. The number of pyridine rings is 2. The minimum atomic E-state index is -0.824. The van der Waals surface area contributed by atoms with E-state index >= 15 is 0 Å². The van der Waals surface area contributed by atoms with E-state index in [0.29, 0.717) is 48.8 Å². The van der Waals surface area contributed by atoms with E-state index < -0.39 is 11.9 Å². The molecule has 11 heteroatoms. The van der Waals surface area contributed by atoms with Gasteiger partial charge < -0.3 is 19.5 Å². The number of hydrogen-bond acceptors (Lipinski definition) is 8. The molecule has 174 valence electrons. The Balaban J connectivity index is 1.54. The van der Waals surface area contributed by atoms with Crippen LogP contribution in [0.5, 0.6) is 11.5 Å². The standard InChI is InChI=1S/C23H22FN7O3/c1-33-21-11-27-31-12-15(19-9-17-4-5-29(14-25)6-7-30(17)28-19)8-20(23(21)31)34-22(13-32)18-3-2-16(24)10-26-18/h2-3,8-12,22,32H,4-7,13H2,1H3. The van der Waals surface area contributed by atoms with Crippen molar-refractivity contribution in [1.82, 2.24) is 29.3 Å². The Bertz CT molecular complexity index is 1330. The van der Waals surface area contributed by atoms with Crippen molar-refractivity contribution >= 4 is 5.52 Å². The van der Waals surface area contributed by atoms with E-state index in [1.165, 1.54) is 19.2 Å². The number of nitrogens with zero attached hydrogens (tertiary/aromatic N) is 7. The van der Waals surface area contributed by atoms with E-state index in [4.69, 9.17) is 14.6 Å². The van der Waals surface area contributed by atoms with Crippen molar-refractivity contribution in [3.8, 4) is 28.9 Å². The van der Waals surface area contributed by atoms with E-state index in [9.17, 15) is 14.8 Å². The summed E-state index contributed by atoms with van der Waals surface area (Å²) in [6, 6.07) is 6.56. The summed E-state index contributed by atoms with van der Waals surface area (Å²) in [6.45, 7) is 1.51. The Hall–Kier alpha value is -4.17. The van der Waals surface area contributed by atoms with Crippen LogP contribution in [0.3, 0.4) is 0 Å². The van der Waals surface area contributed by atoms with Gasteiger partial charge in [0.15, 0.2) is 29.3 Å². The van der Waals surface area contributed by atoms with Gasteiger partial charge in [0.25, 0.3) is 0 Å². The molecule has 5 rings (SSSR count). The monoisotopic (exact) mass is 463 g/mol. The molecule has 0 aromatic carbocycles. The molecule has 0 radical (unpaired) electrons. The van der Waals surface area contributed by atoms with Gasteiger partial charge in [-0.3, -0.25) is 9.67 Å². The van der Waals surface area contributed by atoms with Gasteiger partial charge in [0, 0.05) is 37.0 Å². The smallest absolute Gasteiger partial charge is 0.179 e. The van der Waals surface area contributed by atoms with Gasteiger partial charge in [0.2, 0.25) is 0 Å². The summed E-state index contributed by atoms with van der Waals surface area (Å²) >= 11 is 0. The molecule has 1 atom stereocenters. The largest absolute Gasteiger partial charge is 0.493 e. The summed E-state index contributed by atoms with van der Waals surface area (Å²) in [5, 5.41) is 28.3. The third-order valence-electron chi connectivity index (χ3n) is 5.80. The quantitative estimate of drug-likeness (QED) is 0.433. The molecule has 4 aromatic heterocycles. The van der Waals surface area contributed by atoms with Gasteiger partial charge in [-0.1, -0.05) is 0 Å². The summed E-state index contributed by atoms with van der Waals surface area (Å²) in [5.74, 6) is 0.443. The molecule has 0 amide bonds. The maximum atomic E-state index is 13.3. The molecule has 4 aromatic rings. The molecular weight excluding hydrogens is 441 g/mol. The van der Waals surface area contributed by atoms with Crippen LogP contribution < -0.4 is 9.47 Å². The molecule has 0 aliphatic carbocycles. The normalized spacial score (nSPS) is 14.4. The average molecular weight is 463 g/mol. The molecule has 1 unspecified atom stereocenters. The first-order chi connectivity index (χ1) is 16.6. The van der Waals surface area contributed by atoms with Crippen molar-refractivity contribution < 1.29 is 19.0 Å². The van der Waals surface area contributed by atoms with Crippen molar-refractivity contribution in [2.45, 2.75) is 19.1 Å². The first-order valence-corrected chi connectivity index (χ1v) is 10.8. The minimum absolute atomic E-state index is 0.361. The fourth-order valence-electron chi connectivity index (χ4n) is 4.03. The zero-order chi connectivity index (χ0) is 23.7. The summed E-state index contributed by atoms with van der Waals surface area (Å²) < 4.78 is 28.5. The van der Waals surface area contributed by atoms with E-state index in [-0.39, 0.29) is 6.61 Å². The van der Waals surface area contributed by atoms with Crippen molar-refractivity contribution in [1.29, 1.82) is 5.26 Å². The van der Waals surface area contributed by atoms with Gasteiger partial charge in [0.05, 0.1) is 44.0 Å². The van der Waals surface area contributed by atoms with Crippen LogP contribution in [-0.2, 0) is 13.0 Å². The molecule has 0 fully saturated rings.